The first kappa shape index (κ1) is 10.0. The molecule has 1 aromatic heterocycles. The fourth-order valence-corrected chi connectivity index (χ4v) is 1.17. The molecule has 0 bridgehead atoms. The lowest BCUT2D eigenvalue weighted by Gasteiger charge is -2.03. The molecule has 1 rings (SSSR count). The minimum atomic E-state index is 0.802. The number of hydrogen-bond acceptors (Lipinski definition) is 3. The van der Waals surface area contributed by atoms with Gasteiger partial charge >= 0.3 is 0 Å². The van der Waals surface area contributed by atoms with E-state index in [4.69, 9.17) is 0 Å². The van der Waals surface area contributed by atoms with Gasteiger partial charge in [-0.3, -0.25) is 0 Å². The lowest BCUT2D eigenvalue weighted by atomic mass is 10.4. The predicted octanol–water partition coefficient (Wildman–Crippen LogP) is 2.06. The van der Waals surface area contributed by atoms with Crippen molar-refractivity contribution in [3.05, 3.63) is 17.0 Å². The normalized spacial score (nSPS) is 8.77. The molecule has 3 nitrogen and oxygen atoms in total. The number of nitrogens with one attached hydrogen (secondary N) is 1. The first-order valence-corrected chi connectivity index (χ1v) is 4.73. The molecule has 1 N–H and O–H groups in total. The average molecular weight is 240 g/mol. The van der Waals surface area contributed by atoms with Gasteiger partial charge in [-0.15, -0.1) is 11.8 Å². The van der Waals surface area contributed by atoms with Gasteiger partial charge in [-0.1, -0.05) is 0 Å². The SMILES string of the molecule is CC#CCCNc1ncncc1Br. The molecule has 68 valence electrons. The molecule has 0 atom stereocenters. The molecule has 1 aromatic rings. The van der Waals surface area contributed by atoms with E-state index in [1.807, 2.05) is 6.92 Å². The summed E-state index contributed by atoms with van der Waals surface area (Å²) < 4.78 is 0.874. The van der Waals surface area contributed by atoms with Crippen LogP contribution in [-0.2, 0) is 0 Å². The molecule has 4 heteroatoms. The van der Waals surface area contributed by atoms with E-state index in [1.165, 1.54) is 6.33 Å². The second-order valence-corrected chi connectivity index (χ2v) is 3.18. The monoisotopic (exact) mass is 239 g/mol. The first-order chi connectivity index (χ1) is 6.34. The molecule has 0 radical (unpaired) electrons. The maximum Gasteiger partial charge on any atom is 0.143 e. The molecule has 0 aliphatic rings. The molecule has 0 aliphatic carbocycles. The minimum absolute atomic E-state index is 0.802. The van der Waals surface area contributed by atoms with E-state index in [0.717, 1.165) is 23.3 Å². The maximum absolute atomic E-state index is 4.06. The Kier molecular flexibility index (Phi) is 4.27. The standard InChI is InChI=1S/C9H10BrN3/c1-2-3-4-5-12-9-8(10)6-11-7-13-9/h6-7H,4-5H2,1H3,(H,11,12,13). The van der Waals surface area contributed by atoms with Gasteiger partial charge in [0.2, 0.25) is 0 Å². The lowest BCUT2D eigenvalue weighted by Crippen LogP contribution is -2.03. The molecular weight excluding hydrogens is 230 g/mol. The second-order valence-electron chi connectivity index (χ2n) is 2.32. The predicted molar refractivity (Wildman–Crippen MR) is 56.3 cm³/mol. The molecule has 0 aliphatic heterocycles. The zero-order valence-electron chi connectivity index (χ0n) is 7.34. The largest absolute Gasteiger partial charge is 0.368 e. The highest BCUT2D eigenvalue weighted by molar-refractivity contribution is 9.10. The zero-order valence-corrected chi connectivity index (χ0v) is 8.93. The van der Waals surface area contributed by atoms with E-state index < -0.39 is 0 Å². The van der Waals surface area contributed by atoms with Crippen LogP contribution in [0.3, 0.4) is 0 Å². The third-order valence-corrected chi connectivity index (χ3v) is 1.97. The van der Waals surface area contributed by atoms with Crippen LogP contribution in [0.25, 0.3) is 0 Å². The third kappa shape index (κ3) is 3.43. The number of hydrogen-bond donors (Lipinski definition) is 1. The average Bonchev–Trinajstić information content (AvgIpc) is 2.15. The molecule has 0 saturated carbocycles. The fourth-order valence-electron chi connectivity index (χ4n) is 0.811. The van der Waals surface area contributed by atoms with E-state index in [1.54, 1.807) is 6.20 Å². The van der Waals surface area contributed by atoms with Crippen LogP contribution < -0.4 is 5.32 Å². The summed E-state index contributed by atoms with van der Waals surface area (Å²) in [5.41, 5.74) is 0. The lowest BCUT2D eigenvalue weighted by molar-refractivity contribution is 1.05. The summed E-state index contributed by atoms with van der Waals surface area (Å²) >= 11 is 3.34. The number of halogens is 1. The van der Waals surface area contributed by atoms with Crippen LogP contribution in [0.2, 0.25) is 0 Å². The Labute approximate surface area is 86.1 Å². The Morgan fingerprint density at radius 2 is 2.46 bits per heavy atom. The van der Waals surface area contributed by atoms with Crippen molar-refractivity contribution in [2.45, 2.75) is 13.3 Å². The molecule has 0 amide bonds. The summed E-state index contributed by atoms with van der Waals surface area (Å²) in [6.07, 6.45) is 4.05. The molecule has 0 spiro atoms. The van der Waals surface area contributed by atoms with Gasteiger partial charge in [-0.05, 0) is 22.9 Å². The Bertz CT molecular complexity index is 327. The van der Waals surface area contributed by atoms with Gasteiger partial charge in [0.1, 0.15) is 12.1 Å². The summed E-state index contributed by atoms with van der Waals surface area (Å²) in [5, 5.41) is 3.15. The zero-order chi connectivity index (χ0) is 9.52. The first-order valence-electron chi connectivity index (χ1n) is 3.93. The van der Waals surface area contributed by atoms with Crippen molar-refractivity contribution in [3.8, 4) is 11.8 Å². The maximum atomic E-state index is 4.06. The summed E-state index contributed by atoms with van der Waals surface area (Å²) in [5.74, 6) is 6.61. The number of rotatable bonds is 3. The van der Waals surface area contributed by atoms with E-state index in [0.29, 0.717) is 0 Å². The van der Waals surface area contributed by atoms with Crippen LogP contribution in [0.5, 0.6) is 0 Å². The van der Waals surface area contributed by atoms with Crippen molar-refractivity contribution in [1.29, 1.82) is 0 Å². The highest BCUT2D eigenvalue weighted by Gasteiger charge is 1.97. The third-order valence-electron chi connectivity index (χ3n) is 1.39. The topological polar surface area (TPSA) is 37.8 Å². The summed E-state index contributed by atoms with van der Waals surface area (Å²) in [4.78, 5) is 7.92. The Balaban J connectivity index is 2.44. The minimum Gasteiger partial charge on any atom is -0.368 e. The highest BCUT2D eigenvalue weighted by Crippen LogP contribution is 2.16. The van der Waals surface area contributed by atoms with Crippen LogP contribution in [0, 0.1) is 11.8 Å². The van der Waals surface area contributed by atoms with Crippen LogP contribution in [0.4, 0.5) is 5.82 Å². The van der Waals surface area contributed by atoms with E-state index in [9.17, 15) is 0 Å². The van der Waals surface area contributed by atoms with Gasteiger partial charge in [-0.2, -0.15) is 0 Å². The number of aromatic nitrogens is 2. The van der Waals surface area contributed by atoms with Crippen molar-refractivity contribution >= 4 is 21.7 Å². The van der Waals surface area contributed by atoms with E-state index in [2.05, 4.69) is 43.1 Å². The molecule has 0 saturated heterocycles. The summed E-state index contributed by atoms with van der Waals surface area (Å²) in [7, 11) is 0. The van der Waals surface area contributed by atoms with Crippen molar-refractivity contribution in [2.24, 2.45) is 0 Å². The van der Waals surface area contributed by atoms with Crippen LogP contribution in [0.15, 0.2) is 17.0 Å². The number of anilines is 1. The van der Waals surface area contributed by atoms with Gasteiger partial charge in [0.25, 0.3) is 0 Å². The van der Waals surface area contributed by atoms with E-state index in [-0.39, 0.29) is 0 Å². The van der Waals surface area contributed by atoms with Crippen LogP contribution >= 0.6 is 15.9 Å². The highest BCUT2D eigenvalue weighted by atomic mass is 79.9. The quantitative estimate of drug-likeness (QED) is 0.649. The van der Waals surface area contributed by atoms with Crippen LogP contribution in [-0.4, -0.2) is 16.5 Å². The van der Waals surface area contributed by atoms with Crippen molar-refractivity contribution in [2.75, 3.05) is 11.9 Å². The second kappa shape index (κ2) is 5.55. The Morgan fingerprint density at radius 3 is 3.15 bits per heavy atom. The van der Waals surface area contributed by atoms with Gasteiger partial charge in [-0.25, -0.2) is 9.97 Å². The summed E-state index contributed by atoms with van der Waals surface area (Å²) in [6.45, 7) is 2.64. The van der Waals surface area contributed by atoms with Crippen molar-refractivity contribution < 1.29 is 0 Å². The van der Waals surface area contributed by atoms with Gasteiger partial charge in [0.15, 0.2) is 0 Å². The molecule has 1 heterocycles. The van der Waals surface area contributed by atoms with Gasteiger partial charge < -0.3 is 5.32 Å². The molecule has 0 fully saturated rings. The summed E-state index contributed by atoms with van der Waals surface area (Å²) in [6, 6.07) is 0. The number of nitrogens with zero attached hydrogens (tertiary/aromatic N) is 2. The Morgan fingerprint density at radius 1 is 1.62 bits per heavy atom. The van der Waals surface area contributed by atoms with Crippen molar-refractivity contribution in [3.63, 3.8) is 0 Å². The molecule has 0 aromatic carbocycles. The van der Waals surface area contributed by atoms with Gasteiger partial charge in [0.05, 0.1) is 4.47 Å². The van der Waals surface area contributed by atoms with E-state index >= 15 is 0 Å². The van der Waals surface area contributed by atoms with Crippen LogP contribution in [0.1, 0.15) is 13.3 Å². The van der Waals surface area contributed by atoms with Gasteiger partial charge in [0, 0.05) is 19.2 Å². The smallest absolute Gasteiger partial charge is 0.143 e. The molecule has 13 heavy (non-hydrogen) atoms. The van der Waals surface area contributed by atoms with Crippen molar-refractivity contribution in [1.82, 2.24) is 9.97 Å². The fraction of sp³-hybridized carbons (Fsp3) is 0.333. The molecular formula is C9H10BrN3. The Hall–Kier alpha value is -1.08. The molecule has 0 unspecified atom stereocenters.